The Balaban J connectivity index is 1.72. The van der Waals surface area contributed by atoms with Crippen molar-refractivity contribution < 1.29 is 9.53 Å². The van der Waals surface area contributed by atoms with Gasteiger partial charge in [0.15, 0.2) is 10.8 Å². The van der Waals surface area contributed by atoms with Gasteiger partial charge >= 0.3 is 0 Å². The standard InChI is InChI=1S/C23H29N3O2S/c1-17(2)15-23(24-16-19-9-11-20(28-3)12-10-19)21(27)26(22(29)25-23)14-13-18-7-5-4-6-8-18/h4-12,17,24H,13-16H2,1-3H3,(H,25,29). The second kappa shape index (κ2) is 9.37. The molecular formula is C23H29N3O2S. The van der Waals surface area contributed by atoms with Gasteiger partial charge in [-0.25, -0.2) is 0 Å². The number of benzene rings is 2. The van der Waals surface area contributed by atoms with Crippen molar-refractivity contribution in [3.63, 3.8) is 0 Å². The van der Waals surface area contributed by atoms with E-state index in [1.54, 1.807) is 12.0 Å². The number of hydrogen-bond donors (Lipinski definition) is 2. The number of thiocarbonyl (C=S) groups is 1. The number of rotatable bonds is 9. The molecule has 1 saturated heterocycles. The van der Waals surface area contributed by atoms with Crippen LogP contribution < -0.4 is 15.4 Å². The Morgan fingerprint density at radius 2 is 1.79 bits per heavy atom. The molecule has 2 aromatic carbocycles. The molecule has 1 fully saturated rings. The molecule has 2 aromatic rings. The fourth-order valence-electron chi connectivity index (χ4n) is 3.65. The van der Waals surface area contributed by atoms with Crippen LogP contribution in [0.3, 0.4) is 0 Å². The Morgan fingerprint density at radius 1 is 1.10 bits per heavy atom. The first-order valence-corrected chi connectivity index (χ1v) is 10.4. The first kappa shape index (κ1) is 21.3. The monoisotopic (exact) mass is 411 g/mol. The van der Waals surface area contributed by atoms with Gasteiger partial charge in [0.25, 0.3) is 5.91 Å². The van der Waals surface area contributed by atoms with E-state index in [0.29, 0.717) is 30.5 Å². The van der Waals surface area contributed by atoms with Crippen LogP contribution in [-0.2, 0) is 17.8 Å². The van der Waals surface area contributed by atoms with Crippen LogP contribution in [0.15, 0.2) is 54.6 Å². The van der Waals surface area contributed by atoms with Gasteiger partial charge in [-0.15, -0.1) is 0 Å². The molecule has 3 rings (SSSR count). The van der Waals surface area contributed by atoms with Gasteiger partial charge in [0, 0.05) is 13.1 Å². The molecular weight excluding hydrogens is 382 g/mol. The molecule has 5 nitrogen and oxygen atoms in total. The summed E-state index contributed by atoms with van der Waals surface area (Å²) in [4.78, 5) is 15.1. The molecule has 1 unspecified atom stereocenters. The lowest BCUT2D eigenvalue weighted by molar-refractivity contribution is -0.133. The molecule has 29 heavy (non-hydrogen) atoms. The lowest BCUT2D eigenvalue weighted by atomic mass is 9.96. The maximum absolute atomic E-state index is 13.4. The number of hydrogen-bond acceptors (Lipinski definition) is 4. The van der Waals surface area contributed by atoms with Crippen molar-refractivity contribution in [3.05, 3.63) is 65.7 Å². The summed E-state index contributed by atoms with van der Waals surface area (Å²) in [5.74, 6) is 1.14. The summed E-state index contributed by atoms with van der Waals surface area (Å²) in [5, 5.41) is 7.25. The molecule has 1 aliphatic rings. The van der Waals surface area contributed by atoms with E-state index < -0.39 is 5.66 Å². The first-order chi connectivity index (χ1) is 13.9. The van der Waals surface area contributed by atoms with Crippen LogP contribution in [0.5, 0.6) is 5.75 Å². The van der Waals surface area contributed by atoms with Gasteiger partial charge in [-0.3, -0.25) is 15.0 Å². The minimum Gasteiger partial charge on any atom is -0.497 e. The van der Waals surface area contributed by atoms with Crippen molar-refractivity contribution in [2.75, 3.05) is 13.7 Å². The van der Waals surface area contributed by atoms with Gasteiger partial charge in [0.05, 0.1) is 7.11 Å². The van der Waals surface area contributed by atoms with Crippen molar-refractivity contribution in [2.24, 2.45) is 5.92 Å². The molecule has 1 aliphatic heterocycles. The minimum absolute atomic E-state index is 0.000595. The van der Waals surface area contributed by atoms with Gasteiger partial charge in [-0.2, -0.15) is 0 Å². The SMILES string of the molecule is COc1ccc(CNC2(CC(C)C)NC(=S)N(CCc3ccccc3)C2=O)cc1. The zero-order valence-electron chi connectivity index (χ0n) is 17.3. The third-order valence-corrected chi connectivity index (χ3v) is 5.43. The molecule has 0 spiro atoms. The van der Waals surface area contributed by atoms with Gasteiger partial charge in [0.2, 0.25) is 0 Å². The molecule has 1 amide bonds. The summed E-state index contributed by atoms with van der Waals surface area (Å²) in [6, 6.07) is 18.0. The Hall–Kier alpha value is -2.44. The second-order valence-electron chi connectivity index (χ2n) is 7.83. The average molecular weight is 412 g/mol. The normalized spacial score (nSPS) is 19.0. The smallest absolute Gasteiger partial charge is 0.269 e. The van der Waals surface area contributed by atoms with Gasteiger partial charge < -0.3 is 10.1 Å². The summed E-state index contributed by atoms with van der Waals surface area (Å²) in [6.45, 7) is 5.35. The predicted molar refractivity (Wildman–Crippen MR) is 120 cm³/mol. The number of carbonyl (C=O) groups excluding carboxylic acids is 1. The van der Waals surface area contributed by atoms with E-state index in [0.717, 1.165) is 17.7 Å². The average Bonchev–Trinajstić information content (AvgIpc) is 2.95. The van der Waals surface area contributed by atoms with E-state index in [9.17, 15) is 4.79 Å². The van der Waals surface area contributed by atoms with E-state index >= 15 is 0 Å². The van der Waals surface area contributed by atoms with Gasteiger partial charge in [-0.05, 0) is 54.2 Å². The van der Waals surface area contributed by atoms with E-state index in [-0.39, 0.29) is 5.91 Å². The van der Waals surface area contributed by atoms with E-state index in [4.69, 9.17) is 17.0 Å². The molecule has 0 radical (unpaired) electrons. The summed E-state index contributed by atoms with van der Waals surface area (Å²) in [5.41, 5.74) is 1.40. The third-order valence-electron chi connectivity index (χ3n) is 5.11. The minimum atomic E-state index is -0.873. The van der Waals surface area contributed by atoms with Gasteiger partial charge in [0.1, 0.15) is 5.75 Å². The Morgan fingerprint density at radius 3 is 2.41 bits per heavy atom. The van der Waals surface area contributed by atoms with Gasteiger partial charge in [-0.1, -0.05) is 56.3 Å². The Bertz CT molecular complexity index is 839. The highest BCUT2D eigenvalue weighted by molar-refractivity contribution is 7.80. The van der Waals surface area contributed by atoms with Crippen LogP contribution in [0, 0.1) is 5.92 Å². The van der Waals surface area contributed by atoms with Crippen molar-refractivity contribution in [3.8, 4) is 5.75 Å². The molecule has 1 heterocycles. The van der Waals surface area contributed by atoms with Crippen molar-refractivity contribution in [1.82, 2.24) is 15.5 Å². The molecule has 154 valence electrons. The van der Waals surface area contributed by atoms with Crippen LogP contribution >= 0.6 is 12.2 Å². The number of nitrogens with zero attached hydrogens (tertiary/aromatic N) is 1. The molecule has 1 atom stereocenters. The summed E-state index contributed by atoms with van der Waals surface area (Å²) < 4.78 is 5.22. The van der Waals surface area contributed by atoms with E-state index in [1.807, 2.05) is 42.5 Å². The second-order valence-corrected chi connectivity index (χ2v) is 8.21. The third kappa shape index (κ3) is 5.14. The molecule has 0 aliphatic carbocycles. The Labute approximate surface area is 178 Å². The van der Waals surface area contributed by atoms with Crippen LogP contribution in [-0.4, -0.2) is 35.2 Å². The van der Waals surface area contributed by atoms with Crippen molar-refractivity contribution >= 4 is 23.2 Å². The van der Waals surface area contributed by atoms with E-state index in [1.165, 1.54) is 5.56 Å². The topological polar surface area (TPSA) is 53.6 Å². The van der Waals surface area contributed by atoms with E-state index in [2.05, 4.69) is 36.6 Å². The van der Waals surface area contributed by atoms with Crippen LogP contribution in [0.4, 0.5) is 0 Å². The number of ether oxygens (including phenoxy) is 1. The van der Waals surface area contributed by atoms with Crippen molar-refractivity contribution in [2.45, 2.75) is 38.9 Å². The molecule has 0 saturated carbocycles. The van der Waals surface area contributed by atoms with Crippen LogP contribution in [0.25, 0.3) is 0 Å². The number of nitrogens with one attached hydrogen (secondary N) is 2. The molecule has 0 aromatic heterocycles. The zero-order valence-corrected chi connectivity index (χ0v) is 18.1. The Kier molecular flexibility index (Phi) is 6.87. The van der Waals surface area contributed by atoms with Crippen molar-refractivity contribution in [1.29, 1.82) is 0 Å². The maximum Gasteiger partial charge on any atom is 0.269 e. The largest absolute Gasteiger partial charge is 0.497 e. The fraction of sp³-hybridized carbons (Fsp3) is 0.391. The highest BCUT2D eigenvalue weighted by Crippen LogP contribution is 2.25. The highest BCUT2D eigenvalue weighted by Gasteiger charge is 2.49. The molecule has 0 bridgehead atoms. The number of methoxy groups -OCH3 is 1. The molecule has 6 heteroatoms. The van der Waals surface area contributed by atoms with Crippen LogP contribution in [0.2, 0.25) is 0 Å². The predicted octanol–water partition coefficient (Wildman–Crippen LogP) is 3.49. The fourth-order valence-corrected chi connectivity index (χ4v) is 4.00. The zero-order chi connectivity index (χ0) is 20.9. The quantitative estimate of drug-likeness (QED) is 0.619. The van der Waals surface area contributed by atoms with Crippen LogP contribution in [0.1, 0.15) is 31.4 Å². The lowest BCUT2D eigenvalue weighted by Crippen LogP contribution is -2.59. The summed E-state index contributed by atoms with van der Waals surface area (Å²) in [7, 11) is 1.65. The maximum atomic E-state index is 13.4. The summed E-state index contributed by atoms with van der Waals surface area (Å²) in [6.07, 6.45) is 1.43. The highest BCUT2D eigenvalue weighted by atomic mass is 32.1. The number of amides is 1. The first-order valence-electron chi connectivity index (χ1n) is 9.99. The lowest BCUT2D eigenvalue weighted by Gasteiger charge is -2.30. The summed E-state index contributed by atoms with van der Waals surface area (Å²) >= 11 is 5.54. The molecule has 2 N–H and O–H groups in total. The number of carbonyl (C=O) groups is 1.